The van der Waals surface area contributed by atoms with Crippen molar-refractivity contribution >= 4 is 16.9 Å². The number of fused-ring (bicyclic) bond motifs is 3. The Bertz CT molecular complexity index is 689. The van der Waals surface area contributed by atoms with E-state index in [1.807, 2.05) is 26.0 Å². The van der Waals surface area contributed by atoms with E-state index in [0.29, 0.717) is 13.2 Å². The fraction of sp³-hybridized carbons (Fsp3) is 0.471. The number of para-hydroxylation sites is 1. The second kappa shape index (κ2) is 5.19. The van der Waals surface area contributed by atoms with Crippen molar-refractivity contribution in [3.63, 3.8) is 0 Å². The van der Waals surface area contributed by atoms with E-state index in [0.717, 1.165) is 12.2 Å². The first-order chi connectivity index (χ1) is 10.1. The summed E-state index contributed by atoms with van der Waals surface area (Å²) in [5.74, 6) is -0.210. The monoisotopic (exact) mass is 287 g/mol. The topological polar surface area (TPSA) is 40.5 Å². The summed E-state index contributed by atoms with van der Waals surface area (Å²) in [4.78, 5) is 11.9. The van der Waals surface area contributed by atoms with Crippen molar-refractivity contribution in [3.05, 3.63) is 35.5 Å². The molecule has 21 heavy (non-hydrogen) atoms. The molecule has 0 saturated carbocycles. The minimum atomic E-state index is -0.617. The van der Waals surface area contributed by atoms with Crippen LogP contribution in [0, 0.1) is 6.92 Å². The molecule has 0 saturated heterocycles. The molecule has 0 fully saturated rings. The Morgan fingerprint density at radius 2 is 2.19 bits per heavy atom. The summed E-state index contributed by atoms with van der Waals surface area (Å²) in [6.45, 7) is 7.75. The molecule has 1 aromatic carbocycles. The quantitative estimate of drug-likeness (QED) is 0.814. The van der Waals surface area contributed by atoms with Crippen molar-refractivity contribution < 1.29 is 14.3 Å². The number of rotatable bonds is 3. The largest absolute Gasteiger partial charge is 0.466 e. The lowest BCUT2D eigenvalue weighted by Crippen LogP contribution is -2.38. The van der Waals surface area contributed by atoms with Gasteiger partial charge in [0.2, 0.25) is 0 Å². The molecule has 1 atom stereocenters. The highest BCUT2D eigenvalue weighted by Crippen LogP contribution is 2.40. The summed E-state index contributed by atoms with van der Waals surface area (Å²) in [7, 11) is 0. The minimum absolute atomic E-state index is 0.210. The Kier molecular flexibility index (Phi) is 3.49. The van der Waals surface area contributed by atoms with E-state index >= 15 is 0 Å². The normalized spacial score (nSPS) is 21.3. The second-order valence-electron chi connectivity index (χ2n) is 5.70. The molecule has 1 aliphatic rings. The van der Waals surface area contributed by atoms with Crippen LogP contribution in [0.5, 0.6) is 0 Å². The van der Waals surface area contributed by atoms with Gasteiger partial charge in [0.25, 0.3) is 0 Å². The van der Waals surface area contributed by atoms with Gasteiger partial charge >= 0.3 is 5.97 Å². The van der Waals surface area contributed by atoms with Crippen LogP contribution >= 0.6 is 0 Å². The Morgan fingerprint density at radius 1 is 1.43 bits per heavy atom. The Balaban J connectivity index is 2.11. The zero-order valence-electron chi connectivity index (χ0n) is 12.8. The molecule has 2 heterocycles. The van der Waals surface area contributed by atoms with Crippen molar-refractivity contribution in [2.45, 2.75) is 39.3 Å². The van der Waals surface area contributed by atoms with E-state index in [1.54, 1.807) is 0 Å². The first kappa shape index (κ1) is 14.1. The number of hydrogen-bond donors (Lipinski definition) is 0. The summed E-state index contributed by atoms with van der Waals surface area (Å²) in [5.41, 5.74) is 2.89. The van der Waals surface area contributed by atoms with Crippen molar-refractivity contribution in [2.75, 3.05) is 13.2 Å². The molecule has 1 aliphatic heterocycles. The van der Waals surface area contributed by atoms with E-state index < -0.39 is 5.60 Å². The highest BCUT2D eigenvalue weighted by molar-refractivity contribution is 5.86. The maximum Gasteiger partial charge on any atom is 0.309 e. The molecule has 0 radical (unpaired) electrons. The highest BCUT2D eigenvalue weighted by atomic mass is 16.5. The van der Waals surface area contributed by atoms with Gasteiger partial charge in [-0.1, -0.05) is 18.2 Å². The van der Waals surface area contributed by atoms with Crippen molar-refractivity contribution in [1.29, 1.82) is 0 Å². The molecule has 0 N–H and O–H groups in total. The number of carbonyl (C=O) groups excluding carboxylic acids is 1. The standard InChI is InChI=1S/C17H21NO3/c1-4-20-15(19)11-17(3)16-12(2)13-7-5-6-8-14(13)18(16)9-10-21-17/h5-8H,4,9-11H2,1-3H3. The molecule has 0 spiro atoms. The van der Waals surface area contributed by atoms with E-state index in [1.165, 1.54) is 16.5 Å². The average Bonchev–Trinajstić information content (AvgIpc) is 2.74. The van der Waals surface area contributed by atoms with Crippen LogP contribution in [0.15, 0.2) is 24.3 Å². The number of esters is 1. The zero-order valence-corrected chi connectivity index (χ0v) is 12.8. The van der Waals surface area contributed by atoms with Crippen LogP contribution in [0.4, 0.5) is 0 Å². The molecule has 1 aromatic heterocycles. The van der Waals surface area contributed by atoms with Crippen LogP contribution in [0.3, 0.4) is 0 Å². The smallest absolute Gasteiger partial charge is 0.309 e. The zero-order chi connectivity index (χ0) is 15.0. The Morgan fingerprint density at radius 3 is 2.95 bits per heavy atom. The van der Waals surface area contributed by atoms with Gasteiger partial charge in [-0.2, -0.15) is 0 Å². The SMILES string of the molecule is CCOC(=O)CC1(C)OCCn2c1c(C)c1ccccc12. The van der Waals surface area contributed by atoms with Gasteiger partial charge in [0, 0.05) is 17.4 Å². The molecule has 0 amide bonds. The summed E-state index contributed by atoms with van der Waals surface area (Å²) in [5, 5.41) is 1.23. The minimum Gasteiger partial charge on any atom is -0.466 e. The number of nitrogens with zero attached hydrogens (tertiary/aromatic N) is 1. The molecule has 1 unspecified atom stereocenters. The number of aryl methyl sites for hydroxylation is 1. The number of carbonyl (C=O) groups is 1. The van der Waals surface area contributed by atoms with Gasteiger partial charge in [-0.25, -0.2) is 0 Å². The Hall–Kier alpha value is -1.81. The van der Waals surface area contributed by atoms with Crippen LogP contribution in [-0.4, -0.2) is 23.8 Å². The van der Waals surface area contributed by atoms with Crippen LogP contribution < -0.4 is 0 Å². The third-order valence-corrected chi connectivity index (χ3v) is 4.25. The molecule has 112 valence electrons. The lowest BCUT2D eigenvalue weighted by molar-refractivity contribution is -0.153. The molecular weight excluding hydrogens is 266 g/mol. The van der Waals surface area contributed by atoms with Gasteiger partial charge in [-0.15, -0.1) is 0 Å². The van der Waals surface area contributed by atoms with Gasteiger partial charge in [-0.3, -0.25) is 4.79 Å². The van der Waals surface area contributed by atoms with Gasteiger partial charge in [-0.05, 0) is 32.4 Å². The van der Waals surface area contributed by atoms with Gasteiger partial charge in [0.15, 0.2) is 0 Å². The van der Waals surface area contributed by atoms with Gasteiger partial charge in [0.1, 0.15) is 5.60 Å². The van der Waals surface area contributed by atoms with Crippen molar-refractivity contribution in [2.24, 2.45) is 0 Å². The lowest BCUT2D eigenvalue weighted by Gasteiger charge is -2.35. The molecule has 3 rings (SSSR count). The molecule has 0 bridgehead atoms. The van der Waals surface area contributed by atoms with Crippen molar-refractivity contribution in [1.82, 2.24) is 4.57 Å². The summed E-state index contributed by atoms with van der Waals surface area (Å²) < 4.78 is 13.4. The highest BCUT2D eigenvalue weighted by Gasteiger charge is 2.39. The summed E-state index contributed by atoms with van der Waals surface area (Å²) in [6.07, 6.45) is 0.248. The number of ether oxygens (including phenoxy) is 2. The maximum absolute atomic E-state index is 11.9. The van der Waals surface area contributed by atoms with E-state index in [4.69, 9.17) is 9.47 Å². The fourth-order valence-electron chi connectivity index (χ4n) is 3.44. The van der Waals surface area contributed by atoms with E-state index in [-0.39, 0.29) is 12.4 Å². The third-order valence-electron chi connectivity index (χ3n) is 4.25. The van der Waals surface area contributed by atoms with Gasteiger partial charge in [0.05, 0.1) is 25.3 Å². The van der Waals surface area contributed by atoms with Crippen LogP contribution in [-0.2, 0) is 26.4 Å². The lowest BCUT2D eigenvalue weighted by atomic mass is 9.93. The average molecular weight is 287 g/mol. The van der Waals surface area contributed by atoms with Crippen molar-refractivity contribution in [3.8, 4) is 0 Å². The summed E-state index contributed by atoms with van der Waals surface area (Å²) in [6, 6.07) is 8.35. The number of hydrogen-bond acceptors (Lipinski definition) is 3. The predicted octanol–water partition coefficient (Wildman–Crippen LogP) is 3.15. The molecule has 4 nitrogen and oxygen atoms in total. The maximum atomic E-state index is 11.9. The predicted molar refractivity (Wildman–Crippen MR) is 81.2 cm³/mol. The van der Waals surface area contributed by atoms with Gasteiger partial charge < -0.3 is 14.0 Å². The first-order valence-corrected chi connectivity index (χ1v) is 7.44. The van der Waals surface area contributed by atoms with E-state index in [9.17, 15) is 4.79 Å². The molecule has 0 aliphatic carbocycles. The van der Waals surface area contributed by atoms with Crippen LogP contribution in [0.25, 0.3) is 10.9 Å². The first-order valence-electron chi connectivity index (χ1n) is 7.44. The van der Waals surface area contributed by atoms with E-state index in [2.05, 4.69) is 23.6 Å². The second-order valence-corrected chi connectivity index (χ2v) is 5.70. The summed E-state index contributed by atoms with van der Waals surface area (Å²) >= 11 is 0. The molecular formula is C17H21NO3. The third kappa shape index (κ3) is 2.23. The fourth-order valence-corrected chi connectivity index (χ4v) is 3.44. The molecule has 4 heteroatoms. The molecule has 2 aromatic rings. The number of aromatic nitrogens is 1. The van der Waals surface area contributed by atoms with Crippen LogP contribution in [0.2, 0.25) is 0 Å². The number of benzene rings is 1. The van der Waals surface area contributed by atoms with Crippen LogP contribution in [0.1, 0.15) is 31.5 Å². The Labute approximate surface area is 124 Å².